The molecule has 7 nitrogen and oxygen atoms in total. The van der Waals surface area contributed by atoms with Gasteiger partial charge in [-0.05, 0) is 31.5 Å². The second-order valence-electron chi connectivity index (χ2n) is 4.72. The number of nitrogens with zero attached hydrogens (tertiary/aromatic N) is 1. The Morgan fingerprint density at radius 1 is 1.43 bits per heavy atom. The minimum absolute atomic E-state index is 0.0636. The monoisotopic (exact) mass is 341 g/mol. The highest BCUT2D eigenvalue weighted by molar-refractivity contribution is 6.33. The van der Waals surface area contributed by atoms with Gasteiger partial charge in [-0.2, -0.15) is 0 Å². The van der Waals surface area contributed by atoms with Crippen molar-refractivity contribution in [2.45, 2.75) is 26.3 Å². The molecule has 0 spiro atoms. The lowest BCUT2D eigenvalue weighted by atomic mass is 10.2. The summed E-state index contributed by atoms with van der Waals surface area (Å²) in [6, 6.07) is 4.88. The predicted octanol–water partition coefficient (Wildman–Crippen LogP) is 2.20. The summed E-state index contributed by atoms with van der Waals surface area (Å²) in [5, 5.41) is 9.16. The largest absolute Gasteiger partial charge is 0.495 e. The van der Waals surface area contributed by atoms with Crippen LogP contribution in [-0.2, 0) is 14.4 Å². The van der Waals surface area contributed by atoms with Gasteiger partial charge < -0.3 is 20.2 Å². The molecule has 1 rings (SSSR count). The van der Waals surface area contributed by atoms with E-state index < -0.39 is 5.91 Å². The van der Waals surface area contributed by atoms with Crippen LogP contribution in [0, 0.1) is 0 Å². The molecule has 8 heteroatoms. The Morgan fingerprint density at radius 3 is 2.83 bits per heavy atom. The van der Waals surface area contributed by atoms with Crippen molar-refractivity contribution in [3.63, 3.8) is 0 Å². The average molecular weight is 342 g/mol. The molecule has 1 atom stereocenters. The molecule has 0 aliphatic rings. The lowest BCUT2D eigenvalue weighted by Gasteiger charge is -2.10. The maximum atomic E-state index is 11.7. The predicted molar refractivity (Wildman–Crippen MR) is 89.0 cm³/mol. The third-order valence-electron chi connectivity index (χ3n) is 2.88. The van der Waals surface area contributed by atoms with Crippen LogP contribution in [0.5, 0.6) is 5.75 Å². The van der Waals surface area contributed by atoms with Crippen LogP contribution in [0.4, 0.5) is 5.69 Å². The summed E-state index contributed by atoms with van der Waals surface area (Å²) in [7, 11) is 1.48. The topological polar surface area (TPSA) is 89.0 Å². The van der Waals surface area contributed by atoms with E-state index in [9.17, 15) is 9.59 Å². The molecule has 0 saturated heterocycles. The van der Waals surface area contributed by atoms with Gasteiger partial charge in [0.05, 0.1) is 12.8 Å². The summed E-state index contributed by atoms with van der Waals surface area (Å²) in [6.45, 7) is 3.58. The normalized spacial score (nSPS) is 11.8. The third-order valence-corrected chi connectivity index (χ3v) is 3.11. The first kappa shape index (κ1) is 18.8. The van der Waals surface area contributed by atoms with E-state index in [1.807, 2.05) is 13.8 Å². The number of nitrogens with one attached hydrogen (secondary N) is 2. The first-order valence-electron chi connectivity index (χ1n) is 7.05. The van der Waals surface area contributed by atoms with Gasteiger partial charge in [0.25, 0.3) is 11.8 Å². The van der Waals surface area contributed by atoms with Gasteiger partial charge in [-0.15, -0.1) is 0 Å². The van der Waals surface area contributed by atoms with Crippen LogP contribution in [0.1, 0.15) is 20.3 Å². The lowest BCUT2D eigenvalue weighted by molar-refractivity contribution is -0.126. The van der Waals surface area contributed by atoms with Crippen molar-refractivity contribution in [1.29, 1.82) is 0 Å². The van der Waals surface area contributed by atoms with Crippen molar-refractivity contribution in [2.24, 2.45) is 5.16 Å². The average Bonchev–Trinajstić information content (AvgIpc) is 2.51. The Balaban J connectivity index is 2.45. The van der Waals surface area contributed by atoms with Crippen molar-refractivity contribution in [2.75, 3.05) is 19.0 Å². The third kappa shape index (κ3) is 7.01. The first-order valence-corrected chi connectivity index (χ1v) is 7.43. The Bertz CT molecular complexity index is 578. The van der Waals surface area contributed by atoms with Crippen molar-refractivity contribution in [1.82, 2.24) is 5.32 Å². The number of carbonyl (C=O) groups excluding carboxylic acids is 2. The highest BCUT2D eigenvalue weighted by Crippen LogP contribution is 2.27. The van der Waals surface area contributed by atoms with E-state index in [0.717, 1.165) is 12.6 Å². The van der Waals surface area contributed by atoms with Crippen LogP contribution >= 0.6 is 11.6 Å². The number of carbonyl (C=O) groups is 2. The quantitative estimate of drug-likeness (QED) is 0.560. The van der Waals surface area contributed by atoms with E-state index >= 15 is 0 Å². The molecule has 0 bridgehead atoms. The maximum Gasteiger partial charge on any atom is 0.270 e. The van der Waals surface area contributed by atoms with Gasteiger partial charge in [-0.1, -0.05) is 23.7 Å². The molecule has 0 fully saturated rings. The number of amides is 2. The second-order valence-corrected chi connectivity index (χ2v) is 5.16. The van der Waals surface area contributed by atoms with Crippen molar-refractivity contribution in [3.05, 3.63) is 23.2 Å². The van der Waals surface area contributed by atoms with Gasteiger partial charge in [-0.25, -0.2) is 0 Å². The summed E-state index contributed by atoms with van der Waals surface area (Å²) >= 11 is 5.86. The molecular formula is C15H20ClN3O4. The van der Waals surface area contributed by atoms with E-state index in [4.69, 9.17) is 21.2 Å². The fraction of sp³-hybridized carbons (Fsp3) is 0.400. The zero-order valence-electron chi connectivity index (χ0n) is 13.3. The SMILES string of the molecule is CC[C@@H](C)NC(=O)CO/N=C\C(=O)Nc1cc(Cl)ccc1OC. The summed E-state index contributed by atoms with van der Waals surface area (Å²) < 4.78 is 5.10. The minimum atomic E-state index is -0.534. The van der Waals surface area contributed by atoms with Gasteiger partial charge in [-0.3, -0.25) is 9.59 Å². The fourth-order valence-electron chi connectivity index (χ4n) is 1.54. The van der Waals surface area contributed by atoms with Crippen LogP contribution in [0.25, 0.3) is 0 Å². The highest BCUT2D eigenvalue weighted by atomic mass is 35.5. The number of halogens is 1. The fourth-order valence-corrected chi connectivity index (χ4v) is 1.71. The van der Waals surface area contributed by atoms with E-state index in [2.05, 4.69) is 15.8 Å². The molecule has 0 aromatic heterocycles. The molecule has 0 radical (unpaired) electrons. The molecule has 2 amide bonds. The molecule has 1 aromatic carbocycles. The Kier molecular flexibility index (Phi) is 7.90. The standard InChI is InChI=1S/C15H20ClN3O4/c1-4-10(2)18-15(21)9-23-17-8-14(20)19-12-7-11(16)5-6-13(12)22-3/h5-8,10H,4,9H2,1-3H3,(H,18,21)(H,19,20)/b17-8-/t10-/m1/s1. The van der Waals surface area contributed by atoms with Crippen LogP contribution in [0.2, 0.25) is 5.02 Å². The number of benzene rings is 1. The van der Waals surface area contributed by atoms with Crippen LogP contribution in [0.3, 0.4) is 0 Å². The minimum Gasteiger partial charge on any atom is -0.495 e. The Labute approximate surface area is 140 Å². The molecule has 1 aromatic rings. The molecule has 0 aliphatic carbocycles. The highest BCUT2D eigenvalue weighted by Gasteiger charge is 2.08. The van der Waals surface area contributed by atoms with Crippen LogP contribution in [-0.4, -0.2) is 37.8 Å². The molecule has 0 heterocycles. The first-order chi connectivity index (χ1) is 11.0. The van der Waals surface area contributed by atoms with E-state index in [-0.39, 0.29) is 18.6 Å². The number of hydrogen-bond donors (Lipinski definition) is 2. The van der Waals surface area contributed by atoms with Crippen LogP contribution in [0.15, 0.2) is 23.4 Å². The second kappa shape index (κ2) is 9.68. The molecule has 0 saturated carbocycles. The number of ether oxygens (including phenoxy) is 1. The lowest BCUT2D eigenvalue weighted by Crippen LogP contribution is -2.34. The van der Waals surface area contributed by atoms with Crippen LogP contribution < -0.4 is 15.4 Å². The van der Waals surface area contributed by atoms with Gasteiger partial charge in [0.1, 0.15) is 12.0 Å². The molecule has 126 valence electrons. The van der Waals surface area contributed by atoms with E-state index in [1.54, 1.807) is 18.2 Å². The molecule has 0 aliphatic heterocycles. The van der Waals surface area contributed by atoms with Crippen molar-refractivity contribution in [3.8, 4) is 5.75 Å². The number of oxime groups is 1. The Morgan fingerprint density at radius 2 is 2.17 bits per heavy atom. The number of anilines is 1. The van der Waals surface area contributed by atoms with Crippen molar-refractivity contribution >= 4 is 35.3 Å². The number of methoxy groups -OCH3 is 1. The van der Waals surface area contributed by atoms with Crippen molar-refractivity contribution < 1.29 is 19.2 Å². The smallest absolute Gasteiger partial charge is 0.270 e. The number of rotatable bonds is 8. The van der Waals surface area contributed by atoms with Gasteiger partial charge in [0.2, 0.25) is 0 Å². The van der Waals surface area contributed by atoms with E-state index in [0.29, 0.717) is 16.5 Å². The maximum absolute atomic E-state index is 11.7. The Hall–Kier alpha value is -2.28. The summed E-state index contributed by atoms with van der Waals surface area (Å²) in [5.41, 5.74) is 0.408. The zero-order chi connectivity index (χ0) is 17.2. The summed E-state index contributed by atoms with van der Waals surface area (Å²) in [6.07, 6.45) is 1.75. The van der Waals surface area contributed by atoms with E-state index in [1.165, 1.54) is 7.11 Å². The number of hydrogen-bond acceptors (Lipinski definition) is 5. The molecule has 2 N–H and O–H groups in total. The van der Waals surface area contributed by atoms with Gasteiger partial charge >= 0.3 is 0 Å². The van der Waals surface area contributed by atoms with Gasteiger partial charge in [0, 0.05) is 11.1 Å². The molecular weight excluding hydrogens is 322 g/mol. The summed E-state index contributed by atoms with van der Waals surface area (Å²) in [4.78, 5) is 27.9. The van der Waals surface area contributed by atoms with Gasteiger partial charge in [0.15, 0.2) is 6.61 Å². The summed E-state index contributed by atoms with van der Waals surface area (Å²) in [5.74, 6) is -0.369. The molecule has 23 heavy (non-hydrogen) atoms. The zero-order valence-corrected chi connectivity index (χ0v) is 14.0. The molecule has 0 unspecified atom stereocenters.